The number of amides is 1. The average molecular weight is 449 g/mol. The Labute approximate surface area is 188 Å². The first-order valence-corrected chi connectivity index (χ1v) is 10.3. The van der Waals surface area contributed by atoms with Crippen molar-refractivity contribution >= 4 is 29.4 Å². The van der Waals surface area contributed by atoms with E-state index in [1.165, 1.54) is 24.7 Å². The van der Waals surface area contributed by atoms with Crippen molar-refractivity contribution in [1.82, 2.24) is 5.43 Å². The first-order chi connectivity index (χ1) is 15.5. The van der Waals surface area contributed by atoms with Gasteiger partial charge < -0.3 is 14.2 Å². The molecular formula is C23H19N3O5S. The van der Waals surface area contributed by atoms with Gasteiger partial charge in [-0.2, -0.15) is 10.4 Å². The Hall–Kier alpha value is -4.16. The van der Waals surface area contributed by atoms with Gasteiger partial charge in [0.2, 0.25) is 0 Å². The number of thiophene rings is 1. The number of carbonyl (C=O) groups excluding carboxylic acids is 2. The van der Waals surface area contributed by atoms with E-state index >= 15 is 0 Å². The van der Waals surface area contributed by atoms with Crippen LogP contribution in [0.3, 0.4) is 0 Å². The second kappa shape index (κ2) is 10.7. The van der Waals surface area contributed by atoms with Gasteiger partial charge in [0.05, 0.1) is 25.0 Å². The fourth-order valence-electron chi connectivity index (χ4n) is 2.52. The lowest BCUT2D eigenvalue weighted by Gasteiger charge is -2.12. The van der Waals surface area contributed by atoms with E-state index in [1.807, 2.05) is 6.07 Å². The highest BCUT2D eigenvalue weighted by Gasteiger charge is 2.15. The van der Waals surface area contributed by atoms with Gasteiger partial charge in [0.15, 0.2) is 17.6 Å². The molecule has 8 nitrogen and oxygen atoms in total. The predicted molar refractivity (Wildman–Crippen MR) is 119 cm³/mol. The second-order valence-corrected chi connectivity index (χ2v) is 7.36. The van der Waals surface area contributed by atoms with Crippen molar-refractivity contribution in [3.05, 3.63) is 76.0 Å². The number of benzene rings is 2. The highest BCUT2D eigenvalue weighted by molar-refractivity contribution is 7.12. The number of hydrogen-bond donors (Lipinski definition) is 1. The molecule has 0 spiro atoms. The molecule has 1 N–H and O–H groups in total. The molecule has 32 heavy (non-hydrogen) atoms. The van der Waals surface area contributed by atoms with E-state index in [-0.39, 0.29) is 5.75 Å². The van der Waals surface area contributed by atoms with E-state index in [0.717, 1.165) is 0 Å². The molecular weight excluding hydrogens is 430 g/mol. The molecule has 9 heteroatoms. The molecule has 1 unspecified atom stereocenters. The molecule has 162 valence electrons. The van der Waals surface area contributed by atoms with E-state index in [0.29, 0.717) is 27.5 Å². The molecule has 0 fully saturated rings. The number of nitrogens with zero attached hydrogens (tertiary/aromatic N) is 2. The van der Waals surface area contributed by atoms with Crippen LogP contribution in [0.2, 0.25) is 0 Å². The molecule has 1 aromatic heterocycles. The smallest absolute Gasteiger partial charge is 0.353 e. The van der Waals surface area contributed by atoms with Crippen molar-refractivity contribution in [3.63, 3.8) is 0 Å². The quantitative estimate of drug-likeness (QED) is 0.243. The van der Waals surface area contributed by atoms with Gasteiger partial charge in [-0.25, -0.2) is 10.2 Å². The molecule has 0 saturated heterocycles. The van der Waals surface area contributed by atoms with E-state index < -0.39 is 18.0 Å². The van der Waals surface area contributed by atoms with Crippen LogP contribution in [0.1, 0.15) is 27.7 Å². The van der Waals surface area contributed by atoms with Crippen LogP contribution in [-0.2, 0) is 4.79 Å². The minimum atomic E-state index is -0.798. The third-order valence-electron chi connectivity index (χ3n) is 4.17. The first kappa shape index (κ1) is 22.5. The third kappa shape index (κ3) is 5.93. The molecule has 1 amide bonds. The molecule has 1 heterocycles. The minimum Gasteiger partial charge on any atom is -0.493 e. The fraction of sp³-hybridized carbons (Fsp3) is 0.130. The Bertz CT molecular complexity index is 1150. The summed E-state index contributed by atoms with van der Waals surface area (Å²) in [4.78, 5) is 24.8. The van der Waals surface area contributed by atoms with Crippen molar-refractivity contribution < 1.29 is 23.8 Å². The van der Waals surface area contributed by atoms with Crippen LogP contribution in [0.25, 0.3) is 0 Å². The monoisotopic (exact) mass is 449 g/mol. The van der Waals surface area contributed by atoms with Crippen molar-refractivity contribution in [2.24, 2.45) is 5.10 Å². The standard InChI is InChI=1S/C23H19N3O5S/c1-15(30-18-8-5-16(13-24)6-9-18)22(27)26-25-14-17-7-10-19(20(12-17)29-2)31-23(28)21-4-3-11-32-21/h3-12,14-15H,1-2H3,(H,26,27)/b25-14+. The molecule has 0 radical (unpaired) electrons. The van der Waals surface area contributed by atoms with Gasteiger partial charge in [0.1, 0.15) is 10.6 Å². The maximum absolute atomic E-state index is 12.2. The Morgan fingerprint density at radius 3 is 2.59 bits per heavy atom. The lowest BCUT2D eigenvalue weighted by molar-refractivity contribution is -0.127. The normalized spacial score (nSPS) is 11.4. The zero-order valence-electron chi connectivity index (χ0n) is 17.3. The summed E-state index contributed by atoms with van der Waals surface area (Å²) in [5, 5.41) is 14.5. The summed E-state index contributed by atoms with van der Waals surface area (Å²) >= 11 is 1.29. The number of esters is 1. The van der Waals surface area contributed by atoms with E-state index in [2.05, 4.69) is 10.5 Å². The highest BCUT2D eigenvalue weighted by Crippen LogP contribution is 2.28. The lowest BCUT2D eigenvalue weighted by atomic mass is 10.2. The van der Waals surface area contributed by atoms with Crippen LogP contribution in [-0.4, -0.2) is 31.3 Å². The topological polar surface area (TPSA) is 110 Å². The van der Waals surface area contributed by atoms with Gasteiger partial charge in [-0.1, -0.05) is 6.07 Å². The highest BCUT2D eigenvalue weighted by atomic mass is 32.1. The fourth-order valence-corrected chi connectivity index (χ4v) is 3.12. The summed E-state index contributed by atoms with van der Waals surface area (Å²) in [6, 6.07) is 16.8. The molecule has 3 rings (SSSR count). The maximum atomic E-state index is 12.2. The van der Waals surface area contributed by atoms with Crippen molar-refractivity contribution in [2.75, 3.05) is 7.11 Å². The number of nitrogens with one attached hydrogen (secondary N) is 1. The Morgan fingerprint density at radius 2 is 1.94 bits per heavy atom. The van der Waals surface area contributed by atoms with Gasteiger partial charge in [-0.3, -0.25) is 4.79 Å². The van der Waals surface area contributed by atoms with E-state index in [4.69, 9.17) is 19.5 Å². The molecule has 0 aliphatic carbocycles. The van der Waals surface area contributed by atoms with Crippen molar-refractivity contribution in [1.29, 1.82) is 5.26 Å². The zero-order valence-corrected chi connectivity index (χ0v) is 18.1. The first-order valence-electron chi connectivity index (χ1n) is 9.43. The molecule has 1 atom stereocenters. The largest absolute Gasteiger partial charge is 0.493 e. The van der Waals surface area contributed by atoms with Crippen molar-refractivity contribution in [2.45, 2.75) is 13.0 Å². The van der Waals surface area contributed by atoms with E-state index in [1.54, 1.807) is 66.9 Å². The minimum absolute atomic E-state index is 0.275. The second-order valence-electron chi connectivity index (χ2n) is 6.41. The number of carbonyl (C=O) groups is 2. The third-order valence-corrected chi connectivity index (χ3v) is 5.02. The summed E-state index contributed by atoms with van der Waals surface area (Å²) in [6.07, 6.45) is 0.633. The Morgan fingerprint density at radius 1 is 1.16 bits per heavy atom. The summed E-state index contributed by atoms with van der Waals surface area (Å²) in [5.41, 5.74) is 3.53. The SMILES string of the molecule is COc1cc(/C=N/NC(=O)C(C)Oc2ccc(C#N)cc2)ccc1OC(=O)c1cccs1. The van der Waals surface area contributed by atoms with E-state index in [9.17, 15) is 9.59 Å². The van der Waals surface area contributed by atoms with Gasteiger partial charge in [0, 0.05) is 0 Å². The molecule has 0 aliphatic heterocycles. The van der Waals surface area contributed by atoms with Gasteiger partial charge in [-0.05, 0) is 66.4 Å². The molecule has 0 saturated carbocycles. The van der Waals surface area contributed by atoms with Gasteiger partial charge >= 0.3 is 5.97 Å². The Kier molecular flexibility index (Phi) is 7.56. The number of rotatable bonds is 8. The number of methoxy groups -OCH3 is 1. The van der Waals surface area contributed by atoms with Crippen LogP contribution < -0.4 is 19.6 Å². The lowest BCUT2D eigenvalue weighted by Crippen LogP contribution is -2.33. The number of hydrazone groups is 1. The van der Waals surface area contributed by atoms with Crippen LogP contribution in [0.5, 0.6) is 17.2 Å². The molecule has 3 aromatic rings. The molecule has 2 aromatic carbocycles. The van der Waals surface area contributed by atoms with Gasteiger partial charge in [-0.15, -0.1) is 11.3 Å². The average Bonchev–Trinajstić information content (AvgIpc) is 3.35. The summed E-state index contributed by atoms with van der Waals surface area (Å²) in [7, 11) is 1.46. The van der Waals surface area contributed by atoms with Gasteiger partial charge in [0.25, 0.3) is 5.91 Å². The maximum Gasteiger partial charge on any atom is 0.353 e. The summed E-state index contributed by atoms with van der Waals surface area (Å²) in [6.45, 7) is 1.59. The Balaban J connectivity index is 1.57. The number of nitriles is 1. The van der Waals surface area contributed by atoms with Crippen LogP contribution in [0.4, 0.5) is 0 Å². The zero-order chi connectivity index (χ0) is 22.9. The number of hydrogen-bond acceptors (Lipinski definition) is 8. The molecule has 0 bridgehead atoms. The van der Waals surface area contributed by atoms with Crippen LogP contribution in [0.15, 0.2) is 65.1 Å². The van der Waals surface area contributed by atoms with Crippen molar-refractivity contribution in [3.8, 4) is 23.3 Å². The summed E-state index contributed by atoms with van der Waals surface area (Å²) in [5.74, 6) is 0.176. The number of ether oxygens (including phenoxy) is 3. The summed E-state index contributed by atoms with van der Waals surface area (Å²) < 4.78 is 16.2. The predicted octanol–water partition coefficient (Wildman–Crippen LogP) is 3.77. The van der Waals surface area contributed by atoms with Crippen LogP contribution >= 0.6 is 11.3 Å². The van der Waals surface area contributed by atoms with Crippen LogP contribution in [0, 0.1) is 11.3 Å². The molecule has 0 aliphatic rings.